The molecule has 2 aromatic carbocycles. The number of hydrogen-bond acceptors (Lipinski definition) is 4. The van der Waals surface area contributed by atoms with Gasteiger partial charge in [0.1, 0.15) is 0 Å². The van der Waals surface area contributed by atoms with Crippen LogP contribution in [0.4, 0.5) is 10.1 Å². The molecule has 0 aromatic heterocycles. The van der Waals surface area contributed by atoms with Gasteiger partial charge in [-0.25, -0.2) is 9.18 Å². The third kappa shape index (κ3) is 5.88. The van der Waals surface area contributed by atoms with E-state index in [1.165, 1.54) is 12.1 Å². The summed E-state index contributed by atoms with van der Waals surface area (Å²) < 4.78 is 23.8. The van der Waals surface area contributed by atoms with E-state index in [4.69, 9.17) is 32.7 Å². The van der Waals surface area contributed by atoms with Gasteiger partial charge in [-0.05, 0) is 30.3 Å². The van der Waals surface area contributed by atoms with Crippen LogP contribution in [0.25, 0.3) is 0 Å². The SMILES string of the molecule is O=C(COC(=O)COc1ccc(Br)cc1F)Nc1cccc(Cl)c1Cl. The van der Waals surface area contributed by atoms with Gasteiger partial charge in [0, 0.05) is 4.47 Å². The molecule has 0 heterocycles. The number of halogens is 4. The van der Waals surface area contributed by atoms with Crippen LogP contribution in [0, 0.1) is 5.82 Å². The average molecular weight is 451 g/mol. The van der Waals surface area contributed by atoms with Gasteiger partial charge in [0.25, 0.3) is 5.91 Å². The highest BCUT2D eigenvalue weighted by Crippen LogP contribution is 2.29. The molecule has 0 atom stereocenters. The summed E-state index contributed by atoms with van der Waals surface area (Å²) >= 11 is 14.9. The van der Waals surface area contributed by atoms with Gasteiger partial charge in [0.05, 0.1) is 15.7 Å². The summed E-state index contributed by atoms with van der Waals surface area (Å²) in [4.78, 5) is 23.3. The molecule has 1 amide bonds. The number of nitrogens with one attached hydrogen (secondary N) is 1. The Balaban J connectivity index is 1.79. The summed E-state index contributed by atoms with van der Waals surface area (Å²) in [6.07, 6.45) is 0. The van der Waals surface area contributed by atoms with Crippen LogP contribution in [-0.2, 0) is 14.3 Å². The van der Waals surface area contributed by atoms with E-state index in [2.05, 4.69) is 21.2 Å². The second kappa shape index (κ2) is 9.03. The highest BCUT2D eigenvalue weighted by molar-refractivity contribution is 9.10. The van der Waals surface area contributed by atoms with Gasteiger partial charge in [-0.2, -0.15) is 0 Å². The summed E-state index contributed by atoms with van der Waals surface area (Å²) in [5.74, 6) is -2.16. The standard InChI is InChI=1S/C16H11BrCl2FNO4/c17-9-4-5-13(11(20)6-9)24-8-15(23)25-7-14(22)21-12-3-1-2-10(18)16(12)19/h1-6H,7-8H2,(H,21,22). The Morgan fingerprint density at radius 3 is 2.64 bits per heavy atom. The van der Waals surface area contributed by atoms with Gasteiger partial charge >= 0.3 is 5.97 Å². The number of carbonyl (C=O) groups excluding carboxylic acids is 2. The van der Waals surface area contributed by atoms with Crippen molar-refractivity contribution in [2.75, 3.05) is 18.5 Å². The number of hydrogen-bond donors (Lipinski definition) is 1. The largest absolute Gasteiger partial charge is 0.479 e. The Kier molecular flexibility index (Phi) is 7.04. The molecule has 0 spiro atoms. The molecule has 5 nitrogen and oxygen atoms in total. The van der Waals surface area contributed by atoms with Gasteiger partial charge in [0.2, 0.25) is 0 Å². The van der Waals surface area contributed by atoms with E-state index in [0.29, 0.717) is 10.2 Å². The lowest BCUT2D eigenvalue weighted by molar-refractivity contribution is -0.149. The van der Waals surface area contributed by atoms with E-state index in [1.54, 1.807) is 24.3 Å². The van der Waals surface area contributed by atoms with Crippen molar-refractivity contribution in [3.05, 3.63) is 56.7 Å². The van der Waals surface area contributed by atoms with Crippen LogP contribution in [-0.4, -0.2) is 25.1 Å². The molecule has 0 radical (unpaired) electrons. The Morgan fingerprint density at radius 2 is 1.92 bits per heavy atom. The number of benzene rings is 2. The third-order valence-corrected chi connectivity index (χ3v) is 4.14. The predicted molar refractivity (Wildman–Crippen MR) is 95.6 cm³/mol. The molecule has 0 aliphatic heterocycles. The molecule has 0 saturated carbocycles. The van der Waals surface area contributed by atoms with Crippen molar-refractivity contribution in [1.29, 1.82) is 0 Å². The van der Waals surface area contributed by atoms with Gasteiger partial charge in [-0.15, -0.1) is 0 Å². The summed E-state index contributed by atoms with van der Waals surface area (Å²) in [7, 11) is 0. The first-order chi connectivity index (χ1) is 11.9. The van der Waals surface area contributed by atoms with Crippen LogP contribution in [0.15, 0.2) is 40.9 Å². The minimum absolute atomic E-state index is 0.102. The van der Waals surface area contributed by atoms with E-state index in [9.17, 15) is 14.0 Å². The number of rotatable bonds is 6. The zero-order chi connectivity index (χ0) is 18.4. The average Bonchev–Trinajstić information content (AvgIpc) is 2.56. The first kappa shape index (κ1) is 19.5. The molecule has 2 aromatic rings. The number of anilines is 1. The van der Waals surface area contributed by atoms with Crippen LogP contribution in [0.1, 0.15) is 0 Å². The maximum absolute atomic E-state index is 13.5. The zero-order valence-corrected chi connectivity index (χ0v) is 15.6. The van der Waals surface area contributed by atoms with Crippen LogP contribution >= 0.6 is 39.1 Å². The lowest BCUT2D eigenvalue weighted by Crippen LogP contribution is -2.23. The molecule has 0 saturated heterocycles. The summed E-state index contributed by atoms with van der Waals surface area (Å²) in [6, 6.07) is 8.84. The lowest BCUT2D eigenvalue weighted by atomic mass is 10.3. The van der Waals surface area contributed by atoms with Crippen molar-refractivity contribution < 1.29 is 23.5 Å². The number of ether oxygens (including phenoxy) is 2. The van der Waals surface area contributed by atoms with Crippen LogP contribution < -0.4 is 10.1 Å². The highest BCUT2D eigenvalue weighted by Gasteiger charge is 2.12. The van der Waals surface area contributed by atoms with Gasteiger partial charge in [-0.1, -0.05) is 45.2 Å². The second-order valence-corrected chi connectivity index (χ2v) is 6.37. The van der Waals surface area contributed by atoms with E-state index in [0.717, 1.165) is 0 Å². The summed E-state index contributed by atoms with van der Waals surface area (Å²) in [5.41, 5.74) is 0.295. The normalized spacial score (nSPS) is 10.2. The first-order valence-electron chi connectivity index (χ1n) is 6.84. The highest BCUT2D eigenvalue weighted by atomic mass is 79.9. The fourth-order valence-electron chi connectivity index (χ4n) is 1.70. The molecular formula is C16H11BrCl2FNO4. The van der Waals surface area contributed by atoms with Gasteiger partial charge in [0.15, 0.2) is 24.8 Å². The van der Waals surface area contributed by atoms with Crippen molar-refractivity contribution in [2.24, 2.45) is 0 Å². The number of esters is 1. The van der Waals surface area contributed by atoms with Gasteiger partial charge < -0.3 is 14.8 Å². The summed E-state index contributed by atoms with van der Waals surface area (Å²) in [6.45, 7) is -1.09. The Bertz CT molecular complexity index is 804. The zero-order valence-electron chi connectivity index (χ0n) is 12.5. The van der Waals surface area contributed by atoms with Crippen molar-refractivity contribution in [2.45, 2.75) is 0 Å². The minimum atomic E-state index is -0.824. The molecule has 0 aliphatic rings. The Morgan fingerprint density at radius 1 is 1.16 bits per heavy atom. The van der Waals surface area contributed by atoms with Crippen LogP contribution in [0.2, 0.25) is 10.0 Å². The van der Waals surface area contributed by atoms with Crippen LogP contribution in [0.3, 0.4) is 0 Å². The van der Waals surface area contributed by atoms with Gasteiger partial charge in [-0.3, -0.25) is 4.79 Å². The maximum Gasteiger partial charge on any atom is 0.344 e. The summed E-state index contributed by atoms with van der Waals surface area (Å²) in [5, 5.41) is 2.91. The fraction of sp³-hybridized carbons (Fsp3) is 0.125. The molecule has 0 aliphatic carbocycles. The maximum atomic E-state index is 13.5. The topological polar surface area (TPSA) is 64.6 Å². The molecule has 25 heavy (non-hydrogen) atoms. The van der Waals surface area contributed by atoms with Crippen molar-refractivity contribution in [3.63, 3.8) is 0 Å². The van der Waals surface area contributed by atoms with E-state index in [-0.39, 0.29) is 15.8 Å². The van der Waals surface area contributed by atoms with E-state index < -0.39 is 30.9 Å². The smallest absolute Gasteiger partial charge is 0.344 e. The molecule has 132 valence electrons. The molecular weight excluding hydrogens is 440 g/mol. The third-order valence-electron chi connectivity index (χ3n) is 2.83. The first-order valence-corrected chi connectivity index (χ1v) is 8.39. The van der Waals surface area contributed by atoms with E-state index in [1.807, 2.05) is 0 Å². The van der Waals surface area contributed by atoms with Crippen molar-refractivity contribution >= 4 is 56.7 Å². The fourth-order valence-corrected chi connectivity index (χ4v) is 2.38. The predicted octanol–water partition coefficient (Wildman–Crippen LogP) is 4.46. The van der Waals surface area contributed by atoms with E-state index >= 15 is 0 Å². The molecule has 1 N–H and O–H groups in total. The van der Waals surface area contributed by atoms with Crippen molar-refractivity contribution in [1.82, 2.24) is 0 Å². The molecule has 9 heteroatoms. The monoisotopic (exact) mass is 449 g/mol. The Labute approximate surface area is 161 Å². The molecule has 0 fully saturated rings. The second-order valence-electron chi connectivity index (χ2n) is 4.67. The van der Waals surface area contributed by atoms with Crippen molar-refractivity contribution in [3.8, 4) is 5.75 Å². The lowest BCUT2D eigenvalue weighted by Gasteiger charge is -2.09. The quantitative estimate of drug-likeness (QED) is 0.660. The minimum Gasteiger partial charge on any atom is -0.479 e. The molecule has 0 bridgehead atoms. The molecule has 0 unspecified atom stereocenters. The number of carbonyl (C=O) groups is 2. The van der Waals surface area contributed by atoms with Crippen LogP contribution in [0.5, 0.6) is 5.75 Å². The number of amides is 1. The molecule has 2 rings (SSSR count). The Hall–Kier alpha value is -1.83.